The minimum atomic E-state index is 0.873. The van der Waals surface area contributed by atoms with Gasteiger partial charge >= 0.3 is 0 Å². The summed E-state index contributed by atoms with van der Waals surface area (Å²) in [4.78, 5) is 0. The summed E-state index contributed by atoms with van der Waals surface area (Å²) >= 11 is 0. The van der Waals surface area contributed by atoms with Crippen LogP contribution in [0.1, 0.15) is 0 Å². The number of nitrogens with zero attached hydrogens (tertiary/aromatic N) is 1. The van der Waals surface area contributed by atoms with E-state index in [0.29, 0.717) is 0 Å². The Morgan fingerprint density at radius 2 is 0.889 bits per heavy atom. The summed E-state index contributed by atoms with van der Waals surface area (Å²) in [5, 5.41) is 14.4. The third kappa shape index (κ3) is 2.90. The van der Waals surface area contributed by atoms with E-state index in [4.69, 9.17) is 8.83 Å². The Balaban J connectivity index is 1.46. The second kappa shape index (κ2) is 8.31. The third-order valence-electron chi connectivity index (χ3n) is 9.74. The lowest BCUT2D eigenvalue weighted by Gasteiger charge is -2.14. The minimum Gasteiger partial charge on any atom is -0.456 e. The zero-order valence-electron chi connectivity index (χ0n) is 24.0. The summed E-state index contributed by atoms with van der Waals surface area (Å²) in [6.45, 7) is 0. The quantitative estimate of drug-likeness (QED) is 0.183. The lowest BCUT2D eigenvalue weighted by molar-refractivity contribution is 0.668. The maximum absolute atomic E-state index is 6.92. The van der Waals surface area contributed by atoms with Gasteiger partial charge in [0, 0.05) is 49.2 Å². The Kier molecular flexibility index (Phi) is 4.32. The van der Waals surface area contributed by atoms with Crippen LogP contribution in [0.3, 0.4) is 0 Å². The van der Waals surface area contributed by atoms with Gasteiger partial charge < -0.3 is 13.4 Å². The lowest BCUT2D eigenvalue weighted by atomic mass is 9.89. The van der Waals surface area contributed by atoms with Crippen molar-refractivity contribution in [3.8, 4) is 5.69 Å². The van der Waals surface area contributed by atoms with Crippen LogP contribution in [0.25, 0.3) is 104 Å². The fourth-order valence-electron chi connectivity index (χ4n) is 7.95. The average Bonchev–Trinajstić information content (AvgIpc) is 3.77. The van der Waals surface area contributed by atoms with Crippen LogP contribution in [0.2, 0.25) is 0 Å². The molecular formula is C42H23NO2. The summed E-state index contributed by atoms with van der Waals surface area (Å²) in [6, 6.07) is 49.7. The van der Waals surface area contributed by atoms with Gasteiger partial charge in [-0.2, -0.15) is 0 Å². The van der Waals surface area contributed by atoms with E-state index in [1.165, 1.54) is 43.1 Å². The zero-order chi connectivity index (χ0) is 29.2. The Bertz CT molecular complexity index is 3040. The first-order valence-electron chi connectivity index (χ1n) is 15.4. The SMILES string of the molecule is c1ccc2c(c1)oc1cc(-n3c4ccccc4c4c5c6ccccc6c6ccccc6c5c5c6ccccc6oc5c43)ccc12. The van der Waals surface area contributed by atoms with Crippen LogP contribution in [-0.2, 0) is 0 Å². The van der Waals surface area contributed by atoms with E-state index >= 15 is 0 Å². The molecule has 0 spiro atoms. The van der Waals surface area contributed by atoms with Crippen molar-refractivity contribution in [2.45, 2.75) is 0 Å². The molecule has 0 amide bonds. The van der Waals surface area contributed by atoms with E-state index in [-0.39, 0.29) is 0 Å². The number of rotatable bonds is 1. The number of benzene rings is 8. The van der Waals surface area contributed by atoms with Gasteiger partial charge in [-0.1, -0.05) is 103 Å². The smallest absolute Gasteiger partial charge is 0.160 e. The fourth-order valence-corrected chi connectivity index (χ4v) is 7.95. The molecule has 8 aromatic carbocycles. The van der Waals surface area contributed by atoms with Crippen molar-refractivity contribution in [2.24, 2.45) is 0 Å². The second-order valence-corrected chi connectivity index (χ2v) is 12.0. The molecule has 3 heteroatoms. The summed E-state index contributed by atoms with van der Waals surface area (Å²) in [7, 11) is 0. The molecule has 11 aromatic rings. The highest BCUT2D eigenvalue weighted by Crippen LogP contribution is 2.50. The first-order chi connectivity index (χ1) is 22.3. The van der Waals surface area contributed by atoms with Crippen molar-refractivity contribution < 1.29 is 8.83 Å². The van der Waals surface area contributed by atoms with Crippen molar-refractivity contribution in [2.75, 3.05) is 0 Å². The molecule has 0 aliphatic carbocycles. The first kappa shape index (κ1) is 23.4. The fraction of sp³-hybridized carbons (Fsp3) is 0. The Labute approximate surface area is 256 Å². The lowest BCUT2D eigenvalue weighted by Crippen LogP contribution is -1.94. The normalized spacial score (nSPS) is 12.4. The van der Waals surface area contributed by atoms with Gasteiger partial charge in [-0.25, -0.2) is 0 Å². The van der Waals surface area contributed by atoms with Crippen molar-refractivity contribution >= 4 is 98.0 Å². The van der Waals surface area contributed by atoms with E-state index in [0.717, 1.165) is 60.6 Å². The molecule has 208 valence electrons. The van der Waals surface area contributed by atoms with E-state index in [1.54, 1.807) is 0 Å². The van der Waals surface area contributed by atoms with E-state index < -0.39 is 0 Å². The molecule has 0 bridgehead atoms. The molecule has 3 aromatic heterocycles. The molecule has 3 heterocycles. The molecule has 0 N–H and O–H groups in total. The van der Waals surface area contributed by atoms with E-state index in [9.17, 15) is 0 Å². The molecule has 0 unspecified atom stereocenters. The van der Waals surface area contributed by atoms with Crippen LogP contribution in [0, 0.1) is 0 Å². The van der Waals surface area contributed by atoms with Crippen LogP contribution in [-0.4, -0.2) is 4.57 Å². The number of hydrogen-bond donors (Lipinski definition) is 0. The number of para-hydroxylation sites is 3. The summed E-state index contributed by atoms with van der Waals surface area (Å²) in [6.07, 6.45) is 0. The zero-order valence-corrected chi connectivity index (χ0v) is 24.0. The monoisotopic (exact) mass is 573 g/mol. The van der Waals surface area contributed by atoms with Gasteiger partial charge in [0.2, 0.25) is 0 Å². The van der Waals surface area contributed by atoms with Crippen LogP contribution < -0.4 is 0 Å². The van der Waals surface area contributed by atoms with Gasteiger partial charge in [0.1, 0.15) is 16.7 Å². The first-order valence-corrected chi connectivity index (χ1v) is 15.4. The van der Waals surface area contributed by atoms with Crippen molar-refractivity contribution in [1.82, 2.24) is 4.57 Å². The number of furan rings is 2. The molecule has 11 rings (SSSR count). The number of hydrogen-bond acceptors (Lipinski definition) is 2. The highest BCUT2D eigenvalue weighted by Gasteiger charge is 2.25. The molecule has 0 saturated heterocycles. The molecule has 0 fully saturated rings. The van der Waals surface area contributed by atoms with Crippen molar-refractivity contribution in [1.29, 1.82) is 0 Å². The average molecular weight is 574 g/mol. The van der Waals surface area contributed by atoms with E-state index in [1.807, 2.05) is 12.1 Å². The van der Waals surface area contributed by atoms with Gasteiger partial charge in [0.05, 0.1) is 16.7 Å². The Morgan fingerprint density at radius 3 is 1.62 bits per heavy atom. The largest absolute Gasteiger partial charge is 0.456 e. The Hall–Kier alpha value is -6.06. The molecule has 45 heavy (non-hydrogen) atoms. The van der Waals surface area contributed by atoms with E-state index in [2.05, 4.69) is 132 Å². The van der Waals surface area contributed by atoms with Gasteiger partial charge in [0.15, 0.2) is 5.58 Å². The second-order valence-electron chi connectivity index (χ2n) is 12.0. The predicted octanol–water partition coefficient (Wildman–Crippen LogP) is 12.0. The van der Waals surface area contributed by atoms with Crippen LogP contribution in [0.4, 0.5) is 0 Å². The van der Waals surface area contributed by atoms with Gasteiger partial charge in [-0.15, -0.1) is 0 Å². The highest BCUT2D eigenvalue weighted by atomic mass is 16.3. The highest BCUT2D eigenvalue weighted by molar-refractivity contribution is 6.44. The maximum Gasteiger partial charge on any atom is 0.160 e. The van der Waals surface area contributed by atoms with Gasteiger partial charge in [-0.05, 0) is 51.9 Å². The topological polar surface area (TPSA) is 31.2 Å². The third-order valence-corrected chi connectivity index (χ3v) is 9.74. The standard InChI is InChI=1S/C42H23NO2/c1-3-14-29-25(11-1)26-12-2-4-15-30(26)38-37(29)39-31-16-5-8-18-33(31)43(41(39)42-40(38)32-17-7-10-20-35(32)45-42)24-21-22-28-27-13-6-9-19-34(27)44-36(28)23-24/h1-23H. The summed E-state index contributed by atoms with van der Waals surface area (Å²) in [5.41, 5.74) is 6.82. The van der Waals surface area contributed by atoms with Crippen LogP contribution >= 0.6 is 0 Å². The molecule has 0 atom stereocenters. The van der Waals surface area contributed by atoms with Gasteiger partial charge in [-0.3, -0.25) is 0 Å². The molecule has 0 saturated carbocycles. The minimum absolute atomic E-state index is 0.873. The Morgan fingerprint density at radius 1 is 0.356 bits per heavy atom. The number of aromatic nitrogens is 1. The summed E-state index contributed by atoms with van der Waals surface area (Å²) < 4.78 is 15.7. The van der Waals surface area contributed by atoms with Gasteiger partial charge in [0.25, 0.3) is 0 Å². The van der Waals surface area contributed by atoms with Crippen molar-refractivity contribution in [3.63, 3.8) is 0 Å². The van der Waals surface area contributed by atoms with Crippen molar-refractivity contribution in [3.05, 3.63) is 140 Å². The molecule has 0 aliphatic rings. The molecule has 0 aliphatic heterocycles. The predicted molar refractivity (Wildman–Crippen MR) is 188 cm³/mol. The molecule has 3 nitrogen and oxygen atoms in total. The maximum atomic E-state index is 6.92. The van der Waals surface area contributed by atoms with Crippen LogP contribution in [0.15, 0.2) is 148 Å². The molecule has 0 radical (unpaired) electrons. The summed E-state index contributed by atoms with van der Waals surface area (Å²) in [5.74, 6) is 0. The number of fused-ring (bicyclic) bond motifs is 18. The van der Waals surface area contributed by atoms with Crippen LogP contribution in [0.5, 0.6) is 0 Å². The molecular weight excluding hydrogens is 550 g/mol.